The highest BCUT2D eigenvalue weighted by atomic mass is 16.1. The fourth-order valence-electron chi connectivity index (χ4n) is 1.43. The molecule has 0 bridgehead atoms. The van der Waals surface area contributed by atoms with E-state index in [-0.39, 0.29) is 5.91 Å². The van der Waals surface area contributed by atoms with Gasteiger partial charge in [0, 0.05) is 25.4 Å². The molecule has 3 nitrogen and oxygen atoms in total. The van der Waals surface area contributed by atoms with Crippen molar-refractivity contribution in [2.75, 3.05) is 13.1 Å². The van der Waals surface area contributed by atoms with Crippen molar-refractivity contribution >= 4 is 5.91 Å². The van der Waals surface area contributed by atoms with E-state index >= 15 is 0 Å². The van der Waals surface area contributed by atoms with Crippen LogP contribution in [0.5, 0.6) is 0 Å². The minimum atomic E-state index is 0.129. The van der Waals surface area contributed by atoms with Crippen LogP contribution >= 0.6 is 0 Å². The highest BCUT2D eigenvalue weighted by Gasteiger charge is 2.15. The van der Waals surface area contributed by atoms with E-state index in [0.717, 1.165) is 25.9 Å². The molecular weight excluding hydrogens is 164 g/mol. The van der Waals surface area contributed by atoms with Gasteiger partial charge >= 0.3 is 0 Å². The molecule has 0 aromatic carbocycles. The molecule has 0 aromatic rings. The van der Waals surface area contributed by atoms with Crippen molar-refractivity contribution in [2.45, 2.75) is 31.7 Å². The van der Waals surface area contributed by atoms with Crippen molar-refractivity contribution in [1.82, 2.24) is 10.6 Å². The van der Waals surface area contributed by atoms with E-state index in [1.807, 2.05) is 0 Å². The Labute approximate surface area is 79.3 Å². The Balaban J connectivity index is 2.07. The second kappa shape index (κ2) is 5.60. The van der Waals surface area contributed by atoms with Crippen LogP contribution in [0.25, 0.3) is 0 Å². The number of terminal acetylenes is 1. The summed E-state index contributed by atoms with van der Waals surface area (Å²) in [7, 11) is 0. The zero-order valence-electron chi connectivity index (χ0n) is 7.81. The zero-order chi connectivity index (χ0) is 9.52. The molecule has 1 aliphatic heterocycles. The highest BCUT2D eigenvalue weighted by Crippen LogP contribution is 1.99. The topological polar surface area (TPSA) is 41.1 Å². The van der Waals surface area contributed by atoms with Gasteiger partial charge in [0.2, 0.25) is 5.91 Å². The Morgan fingerprint density at radius 2 is 2.54 bits per heavy atom. The van der Waals surface area contributed by atoms with Crippen molar-refractivity contribution in [3.63, 3.8) is 0 Å². The van der Waals surface area contributed by atoms with Crippen LogP contribution in [-0.2, 0) is 4.79 Å². The average molecular weight is 180 g/mol. The highest BCUT2D eigenvalue weighted by molar-refractivity contribution is 5.76. The van der Waals surface area contributed by atoms with Gasteiger partial charge in [0.1, 0.15) is 0 Å². The van der Waals surface area contributed by atoms with Gasteiger partial charge in [-0.25, -0.2) is 0 Å². The van der Waals surface area contributed by atoms with Crippen LogP contribution in [0.15, 0.2) is 0 Å². The minimum absolute atomic E-state index is 0.129. The number of nitrogens with one attached hydrogen (secondary N) is 2. The summed E-state index contributed by atoms with van der Waals surface area (Å²) in [5.74, 6) is 2.65. The number of hydrogen-bond donors (Lipinski definition) is 2. The monoisotopic (exact) mass is 180 g/mol. The molecule has 0 saturated carbocycles. The third-order valence-corrected chi connectivity index (χ3v) is 2.15. The van der Waals surface area contributed by atoms with Gasteiger partial charge in [-0.2, -0.15) is 0 Å². The second-order valence-electron chi connectivity index (χ2n) is 3.31. The van der Waals surface area contributed by atoms with Crippen molar-refractivity contribution in [2.24, 2.45) is 0 Å². The van der Waals surface area contributed by atoms with E-state index < -0.39 is 0 Å². The molecule has 1 unspecified atom stereocenters. The van der Waals surface area contributed by atoms with Crippen LogP contribution < -0.4 is 10.6 Å². The number of unbranched alkanes of at least 4 members (excludes halogenated alkanes) is 1. The van der Waals surface area contributed by atoms with Crippen molar-refractivity contribution in [1.29, 1.82) is 0 Å². The van der Waals surface area contributed by atoms with Gasteiger partial charge in [0.15, 0.2) is 0 Å². The summed E-state index contributed by atoms with van der Waals surface area (Å²) >= 11 is 0. The maximum atomic E-state index is 11.3. The Morgan fingerprint density at radius 3 is 3.15 bits per heavy atom. The molecule has 1 aliphatic rings. The first kappa shape index (κ1) is 10.1. The van der Waals surface area contributed by atoms with E-state index in [9.17, 15) is 4.79 Å². The van der Waals surface area contributed by atoms with Crippen LogP contribution in [0.1, 0.15) is 25.7 Å². The molecule has 0 radical (unpaired) electrons. The molecule has 0 aliphatic carbocycles. The largest absolute Gasteiger partial charge is 0.352 e. The first-order valence-electron chi connectivity index (χ1n) is 4.76. The van der Waals surface area contributed by atoms with E-state index in [2.05, 4.69) is 16.6 Å². The maximum absolute atomic E-state index is 11.3. The molecule has 1 heterocycles. The Bertz CT molecular complexity index is 201. The molecule has 2 N–H and O–H groups in total. The third kappa shape index (κ3) is 3.95. The van der Waals surface area contributed by atoms with Crippen molar-refractivity contribution < 1.29 is 4.79 Å². The summed E-state index contributed by atoms with van der Waals surface area (Å²) in [5, 5.41) is 6.17. The lowest BCUT2D eigenvalue weighted by Crippen LogP contribution is -2.35. The molecule has 1 atom stereocenters. The van der Waals surface area contributed by atoms with Crippen LogP contribution in [0, 0.1) is 12.3 Å². The molecular formula is C10H16N2O. The van der Waals surface area contributed by atoms with Crippen LogP contribution in [0.4, 0.5) is 0 Å². The van der Waals surface area contributed by atoms with E-state index in [4.69, 9.17) is 6.42 Å². The lowest BCUT2D eigenvalue weighted by Gasteiger charge is -2.10. The first-order chi connectivity index (χ1) is 6.33. The maximum Gasteiger partial charge on any atom is 0.220 e. The fourth-order valence-corrected chi connectivity index (χ4v) is 1.43. The summed E-state index contributed by atoms with van der Waals surface area (Å²) in [6, 6.07) is 0.332. The molecule has 0 spiro atoms. The summed E-state index contributed by atoms with van der Waals surface area (Å²) in [6.45, 7) is 1.91. The normalized spacial score (nSPS) is 21.0. The lowest BCUT2D eigenvalue weighted by atomic mass is 10.2. The van der Waals surface area contributed by atoms with Gasteiger partial charge in [-0.3, -0.25) is 4.79 Å². The summed E-state index contributed by atoms with van der Waals surface area (Å²) < 4.78 is 0. The van der Waals surface area contributed by atoms with Crippen LogP contribution in [0.3, 0.4) is 0 Å². The van der Waals surface area contributed by atoms with Gasteiger partial charge in [-0.05, 0) is 19.4 Å². The number of rotatable bonds is 4. The zero-order valence-corrected chi connectivity index (χ0v) is 7.81. The SMILES string of the molecule is C#CCCCC(=O)NC1CCNC1. The predicted molar refractivity (Wildman–Crippen MR) is 52.1 cm³/mol. The summed E-state index contributed by atoms with van der Waals surface area (Å²) in [4.78, 5) is 11.3. The molecule has 72 valence electrons. The van der Waals surface area contributed by atoms with Crippen LogP contribution in [-0.4, -0.2) is 25.0 Å². The minimum Gasteiger partial charge on any atom is -0.352 e. The Kier molecular flexibility index (Phi) is 4.34. The Hall–Kier alpha value is -1.01. The van der Waals surface area contributed by atoms with Gasteiger partial charge in [-0.15, -0.1) is 12.3 Å². The smallest absolute Gasteiger partial charge is 0.220 e. The molecule has 0 aromatic heterocycles. The summed E-state index contributed by atoms with van der Waals surface area (Å²) in [6.07, 6.45) is 8.17. The lowest BCUT2D eigenvalue weighted by molar-refractivity contribution is -0.121. The molecule has 3 heteroatoms. The quantitative estimate of drug-likeness (QED) is 0.481. The van der Waals surface area contributed by atoms with Crippen molar-refractivity contribution in [3.05, 3.63) is 0 Å². The number of carbonyl (C=O) groups is 1. The Morgan fingerprint density at radius 1 is 1.69 bits per heavy atom. The van der Waals surface area contributed by atoms with E-state index in [1.165, 1.54) is 0 Å². The van der Waals surface area contributed by atoms with E-state index in [1.54, 1.807) is 0 Å². The molecule has 1 saturated heterocycles. The fraction of sp³-hybridized carbons (Fsp3) is 0.700. The van der Waals surface area contributed by atoms with Gasteiger partial charge < -0.3 is 10.6 Å². The van der Waals surface area contributed by atoms with Gasteiger partial charge in [-0.1, -0.05) is 0 Å². The number of hydrogen-bond acceptors (Lipinski definition) is 2. The number of amides is 1. The standard InChI is InChI=1S/C10H16N2O/c1-2-3-4-5-10(13)12-9-6-7-11-8-9/h1,9,11H,3-8H2,(H,12,13). The van der Waals surface area contributed by atoms with E-state index in [0.29, 0.717) is 18.9 Å². The van der Waals surface area contributed by atoms with Gasteiger partial charge in [0.25, 0.3) is 0 Å². The van der Waals surface area contributed by atoms with Crippen molar-refractivity contribution in [3.8, 4) is 12.3 Å². The summed E-state index contributed by atoms with van der Waals surface area (Å²) in [5.41, 5.74) is 0. The number of carbonyl (C=O) groups excluding carboxylic acids is 1. The molecule has 1 rings (SSSR count). The average Bonchev–Trinajstić information content (AvgIpc) is 2.57. The van der Waals surface area contributed by atoms with Gasteiger partial charge in [0.05, 0.1) is 0 Å². The predicted octanol–water partition coefficient (Wildman–Crippen LogP) is 0.268. The molecule has 1 fully saturated rings. The molecule has 13 heavy (non-hydrogen) atoms. The first-order valence-corrected chi connectivity index (χ1v) is 4.76. The second-order valence-corrected chi connectivity index (χ2v) is 3.31. The third-order valence-electron chi connectivity index (χ3n) is 2.15. The van der Waals surface area contributed by atoms with Crippen LogP contribution in [0.2, 0.25) is 0 Å². The molecule has 1 amide bonds.